The van der Waals surface area contributed by atoms with Gasteiger partial charge in [-0.25, -0.2) is 0 Å². The second-order valence-electron chi connectivity index (χ2n) is 10.9. The standard InChI is InChI=1S/C37H32O2S/c1-23-9-12-26(13-10-23)37(27-14-16-28(38-3)17-15-27)20-19-31-30-18-11-25-7-5-6-8-29(25)35(30)32-21-24(2)34(40-4)22-33(32)36(31)39-37/h5-10,12-17,19-22H,11,18H2,1-4H3. The van der Waals surface area contributed by atoms with E-state index < -0.39 is 5.60 Å². The molecule has 198 valence electrons. The van der Waals surface area contributed by atoms with Gasteiger partial charge in [-0.3, -0.25) is 0 Å². The summed E-state index contributed by atoms with van der Waals surface area (Å²) in [7, 11) is 1.71. The molecule has 40 heavy (non-hydrogen) atoms. The van der Waals surface area contributed by atoms with E-state index in [0.29, 0.717) is 0 Å². The average Bonchev–Trinajstić information content (AvgIpc) is 3.00. The minimum atomic E-state index is -0.759. The lowest BCUT2D eigenvalue weighted by atomic mass is 9.77. The minimum absolute atomic E-state index is 0.759. The van der Waals surface area contributed by atoms with E-state index in [4.69, 9.17) is 9.47 Å². The van der Waals surface area contributed by atoms with Crippen LogP contribution in [0.5, 0.6) is 11.5 Å². The molecule has 2 nitrogen and oxygen atoms in total. The highest BCUT2D eigenvalue weighted by atomic mass is 32.2. The van der Waals surface area contributed by atoms with Gasteiger partial charge in [0.15, 0.2) is 5.60 Å². The van der Waals surface area contributed by atoms with Crippen molar-refractivity contribution in [1.82, 2.24) is 0 Å². The van der Waals surface area contributed by atoms with Crippen LogP contribution < -0.4 is 9.47 Å². The molecule has 0 fully saturated rings. The van der Waals surface area contributed by atoms with Crippen LogP contribution in [0.2, 0.25) is 0 Å². The van der Waals surface area contributed by atoms with Gasteiger partial charge in [-0.15, -0.1) is 11.8 Å². The zero-order valence-corrected chi connectivity index (χ0v) is 24.2. The summed E-state index contributed by atoms with van der Waals surface area (Å²) < 4.78 is 12.9. The summed E-state index contributed by atoms with van der Waals surface area (Å²) in [5, 5.41) is 2.45. The monoisotopic (exact) mass is 540 g/mol. The number of aryl methyl sites for hydroxylation is 3. The molecule has 0 amide bonds. The smallest absolute Gasteiger partial charge is 0.178 e. The van der Waals surface area contributed by atoms with E-state index in [0.717, 1.165) is 35.5 Å². The molecule has 0 aromatic heterocycles. The van der Waals surface area contributed by atoms with Crippen molar-refractivity contribution < 1.29 is 9.47 Å². The summed E-state index contributed by atoms with van der Waals surface area (Å²) in [6.45, 7) is 4.35. The number of hydrogen-bond donors (Lipinski definition) is 0. The van der Waals surface area contributed by atoms with Crippen LogP contribution in [-0.2, 0) is 18.4 Å². The van der Waals surface area contributed by atoms with Crippen LogP contribution in [0.4, 0.5) is 0 Å². The molecule has 0 radical (unpaired) electrons. The van der Waals surface area contributed by atoms with Gasteiger partial charge < -0.3 is 9.47 Å². The van der Waals surface area contributed by atoms with E-state index in [1.807, 2.05) is 12.1 Å². The van der Waals surface area contributed by atoms with Gasteiger partial charge >= 0.3 is 0 Å². The maximum Gasteiger partial charge on any atom is 0.178 e. The third kappa shape index (κ3) is 3.79. The fourth-order valence-electron chi connectivity index (χ4n) is 6.49. The number of hydrogen-bond acceptors (Lipinski definition) is 3. The predicted molar refractivity (Wildman–Crippen MR) is 168 cm³/mol. The predicted octanol–water partition coefficient (Wildman–Crippen LogP) is 9.30. The highest BCUT2D eigenvalue weighted by Gasteiger charge is 2.39. The second kappa shape index (κ2) is 9.60. The Labute approximate surface area is 240 Å². The molecule has 7 rings (SSSR count). The van der Waals surface area contributed by atoms with Crippen molar-refractivity contribution in [2.75, 3.05) is 13.4 Å². The van der Waals surface area contributed by atoms with Gasteiger partial charge in [-0.05, 0) is 96.5 Å². The number of benzene rings is 5. The van der Waals surface area contributed by atoms with E-state index in [-0.39, 0.29) is 0 Å². The summed E-state index contributed by atoms with van der Waals surface area (Å²) in [6, 6.07) is 30.7. The summed E-state index contributed by atoms with van der Waals surface area (Å²) in [6.07, 6.45) is 8.79. The Morgan fingerprint density at radius 1 is 0.825 bits per heavy atom. The number of ether oxygens (including phenoxy) is 2. The van der Waals surface area contributed by atoms with E-state index in [9.17, 15) is 0 Å². The van der Waals surface area contributed by atoms with Crippen LogP contribution >= 0.6 is 11.8 Å². The van der Waals surface area contributed by atoms with Gasteiger partial charge in [0.1, 0.15) is 11.5 Å². The van der Waals surface area contributed by atoms with E-state index in [2.05, 4.69) is 105 Å². The SMILES string of the molecule is COc1ccc(C2(c3ccc(C)cc3)C=Cc3c4c(c5cc(C)c(SC)cc5c3O2)-c2ccccc2CC4)cc1. The van der Waals surface area contributed by atoms with Gasteiger partial charge in [-0.1, -0.05) is 72.3 Å². The Balaban J connectivity index is 1.54. The Morgan fingerprint density at radius 3 is 2.27 bits per heavy atom. The van der Waals surface area contributed by atoms with Crippen molar-refractivity contribution in [1.29, 1.82) is 0 Å². The Kier molecular flexibility index (Phi) is 6.01. The molecule has 0 N–H and O–H groups in total. The fraction of sp³-hybridized carbons (Fsp3) is 0.189. The number of fused-ring (bicyclic) bond motifs is 8. The van der Waals surface area contributed by atoms with E-state index in [1.165, 1.54) is 54.6 Å². The maximum atomic E-state index is 7.37. The average molecular weight is 541 g/mol. The second-order valence-corrected chi connectivity index (χ2v) is 11.7. The zero-order chi connectivity index (χ0) is 27.4. The van der Waals surface area contributed by atoms with Gasteiger partial charge in [0, 0.05) is 27.0 Å². The molecule has 0 saturated carbocycles. The molecule has 1 atom stereocenters. The van der Waals surface area contributed by atoms with Crippen LogP contribution in [-0.4, -0.2) is 13.4 Å². The highest BCUT2D eigenvalue weighted by molar-refractivity contribution is 7.98. The normalized spacial score (nSPS) is 17.1. The van der Waals surface area contributed by atoms with Gasteiger partial charge in [0.25, 0.3) is 0 Å². The Morgan fingerprint density at radius 2 is 1.55 bits per heavy atom. The number of thioether (sulfide) groups is 1. The van der Waals surface area contributed by atoms with Crippen molar-refractivity contribution in [2.24, 2.45) is 0 Å². The zero-order valence-electron chi connectivity index (χ0n) is 23.4. The molecule has 5 aromatic carbocycles. The summed E-state index contributed by atoms with van der Waals surface area (Å²) >= 11 is 1.79. The Hall–Kier alpha value is -3.95. The maximum absolute atomic E-state index is 7.37. The van der Waals surface area contributed by atoms with E-state index in [1.54, 1.807) is 18.9 Å². The summed E-state index contributed by atoms with van der Waals surface area (Å²) in [5.41, 5.74) is 10.7. The third-order valence-corrected chi connectivity index (χ3v) is 9.48. The van der Waals surface area contributed by atoms with Crippen LogP contribution in [0.1, 0.15) is 38.9 Å². The van der Waals surface area contributed by atoms with Crippen molar-refractivity contribution in [3.63, 3.8) is 0 Å². The lowest BCUT2D eigenvalue weighted by Gasteiger charge is -2.38. The molecule has 1 aliphatic carbocycles. The molecule has 2 aliphatic rings. The van der Waals surface area contributed by atoms with Gasteiger partial charge in [0.2, 0.25) is 0 Å². The molecule has 0 spiro atoms. The molecule has 0 saturated heterocycles. The minimum Gasteiger partial charge on any atom is -0.497 e. The van der Waals surface area contributed by atoms with Gasteiger partial charge in [0.05, 0.1) is 7.11 Å². The highest BCUT2D eigenvalue weighted by Crippen LogP contribution is 2.52. The molecule has 1 aliphatic heterocycles. The summed E-state index contributed by atoms with van der Waals surface area (Å²) in [5.74, 6) is 1.81. The topological polar surface area (TPSA) is 18.5 Å². The quantitative estimate of drug-likeness (QED) is 0.212. The lowest BCUT2D eigenvalue weighted by molar-refractivity contribution is 0.163. The van der Waals surface area contributed by atoms with Crippen LogP contribution in [0.3, 0.4) is 0 Å². The first-order chi connectivity index (χ1) is 19.5. The molecular formula is C37H32O2S. The third-order valence-electron chi connectivity index (χ3n) is 8.60. The molecule has 1 unspecified atom stereocenters. The van der Waals surface area contributed by atoms with Crippen molar-refractivity contribution in [3.05, 3.63) is 130 Å². The van der Waals surface area contributed by atoms with Crippen LogP contribution in [0.15, 0.2) is 95.9 Å². The molecule has 3 heteroatoms. The first kappa shape index (κ1) is 25.0. The number of methoxy groups -OCH3 is 1. The fourth-order valence-corrected chi connectivity index (χ4v) is 7.11. The first-order valence-electron chi connectivity index (χ1n) is 13.9. The van der Waals surface area contributed by atoms with Crippen LogP contribution in [0, 0.1) is 13.8 Å². The molecule has 1 heterocycles. The van der Waals surface area contributed by atoms with Crippen molar-refractivity contribution in [3.8, 4) is 22.6 Å². The number of rotatable bonds is 4. The van der Waals surface area contributed by atoms with Gasteiger partial charge in [-0.2, -0.15) is 0 Å². The van der Waals surface area contributed by atoms with E-state index >= 15 is 0 Å². The first-order valence-corrected chi connectivity index (χ1v) is 15.1. The largest absolute Gasteiger partial charge is 0.497 e. The molecule has 5 aromatic rings. The Bertz CT molecular complexity index is 1800. The van der Waals surface area contributed by atoms with Crippen LogP contribution in [0.25, 0.3) is 28.0 Å². The van der Waals surface area contributed by atoms with Crippen molar-refractivity contribution >= 4 is 28.6 Å². The lowest BCUT2D eigenvalue weighted by Crippen LogP contribution is -2.34. The van der Waals surface area contributed by atoms with Crippen molar-refractivity contribution in [2.45, 2.75) is 37.2 Å². The molecule has 0 bridgehead atoms. The summed E-state index contributed by atoms with van der Waals surface area (Å²) in [4.78, 5) is 1.28. The molecular weight excluding hydrogens is 508 g/mol.